The molecule has 0 saturated heterocycles. The Morgan fingerprint density at radius 2 is 1.71 bits per heavy atom. The molecule has 0 amide bonds. The van der Waals surface area contributed by atoms with Gasteiger partial charge in [-0.1, -0.05) is 55.5 Å². The van der Waals surface area contributed by atoms with Crippen molar-refractivity contribution in [2.45, 2.75) is 38.9 Å². The van der Waals surface area contributed by atoms with Crippen LogP contribution in [0.15, 0.2) is 30.3 Å². The van der Waals surface area contributed by atoms with E-state index in [9.17, 15) is 0 Å². The van der Waals surface area contributed by atoms with Gasteiger partial charge in [0, 0.05) is 0 Å². The Morgan fingerprint density at radius 3 is 2.21 bits per heavy atom. The third kappa shape index (κ3) is 2.09. The normalized spacial score (nSPS) is 19.4. The summed E-state index contributed by atoms with van der Waals surface area (Å²) in [5.74, 6) is 0. The van der Waals surface area contributed by atoms with Crippen LogP contribution in [-0.4, -0.2) is 8.07 Å². The fraction of sp³-hybridized carbons (Fsp3) is 0.538. The van der Waals surface area contributed by atoms with Crippen molar-refractivity contribution in [3.63, 3.8) is 0 Å². The summed E-state index contributed by atoms with van der Waals surface area (Å²) in [5.41, 5.74) is 0.700. The minimum Gasteiger partial charge on any atom is -0.0654 e. The minimum atomic E-state index is -1.15. The van der Waals surface area contributed by atoms with Gasteiger partial charge >= 0.3 is 0 Å². The summed E-state index contributed by atoms with van der Waals surface area (Å²) >= 11 is 0. The summed E-state index contributed by atoms with van der Waals surface area (Å²) in [7, 11) is -1.15. The van der Waals surface area contributed by atoms with Crippen LogP contribution >= 0.6 is 0 Å². The van der Waals surface area contributed by atoms with E-state index in [0.717, 1.165) is 0 Å². The van der Waals surface area contributed by atoms with Crippen LogP contribution in [0.1, 0.15) is 19.8 Å². The zero-order chi connectivity index (χ0) is 10.2. The third-order valence-electron chi connectivity index (χ3n) is 3.53. The molecule has 2 rings (SSSR count). The first-order chi connectivity index (χ1) is 6.52. The molecule has 1 aliphatic carbocycles. The molecule has 0 heterocycles. The summed E-state index contributed by atoms with van der Waals surface area (Å²) in [6.07, 6.45) is 2.91. The zero-order valence-corrected chi connectivity index (χ0v) is 10.5. The van der Waals surface area contributed by atoms with E-state index in [-0.39, 0.29) is 0 Å². The highest BCUT2D eigenvalue weighted by Gasteiger charge is 2.42. The largest absolute Gasteiger partial charge is 0.0811 e. The number of hydrogen-bond acceptors (Lipinski definition) is 0. The van der Waals surface area contributed by atoms with Crippen LogP contribution in [0.25, 0.3) is 0 Å². The standard InChI is InChI=1S/C13H20Si/c1-13(9-10-13)11-14(2,3)12-7-5-4-6-8-12/h4-8H,9-11H2,1-3H3. The molecule has 1 saturated carbocycles. The van der Waals surface area contributed by atoms with Crippen LogP contribution in [0.2, 0.25) is 19.1 Å². The number of benzene rings is 1. The molecule has 14 heavy (non-hydrogen) atoms. The van der Waals surface area contributed by atoms with Gasteiger partial charge in [-0.25, -0.2) is 0 Å². The van der Waals surface area contributed by atoms with Gasteiger partial charge in [-0.05, 0) is 24.3 Å². The fourth-order valence-electron chi connectivity index (χ4n) is 2.45. The molecule has 1 heteroatoms. The summed E-state index contributed by atoms with van der Waals surface area (Å²) < 4.78 is 0. The zero-order valence-electron chi connectivity index (χ0n) is 9.51. The minimum absolute atomic E-state index is 0.700. The van der Waals surface area contributed by atoms with E-state index in [1.54, 1.807) is 5.19 Å². The lowest BCUT2D eigenvalue weighted by atomic mass is 10.2. The van der Waals surface area contributed by atoms with Gasteiger partial charge in [0.15, 0.2) is 0 Å². The number of rotatable bonds is 3. The molecular formula is C13H20Si. The maximum atomic E-state index is 2.51. The molecule has 0 nitrogen and oxygen atoms in total. The van der Waals surface area contributed by atoms with Gasteiger partial charge in [0.25, 0.3) is 0 Å². The lowest BCUT2D eigenvalue weighted by Crippen LogP contribution is -2.42. The topological polar surface area (TPSA) is 0 Å². The smallest absolute Gasteiger partial charge is 0.0654 e. The molecule has 1 fully saturated rings. The third-order valence-corrected chi connectivity index (χ3v) is 7.16. The molecule has 0 unspecified atom stereocenters. The van der Waals surface area contributed by atoms with E-state index in [4.69, 9.17) is 0 Å². The van der Waals surface area contributed by atoms with Gasteiger partial charge in [-0.3, -0.25) is 0 Å². The molecule has 0 spiro atoms. The Hall–Kier alpha value is -0.563. The van der Waals surface area contributed by atoms with Crippen molar-refractivity contribution in [3.05, 3.63) is 30.3 Å². The summed E-state index contributed by atoms with van der Waals surface area (Å²) in [6, 6.07) is 12.6. The molecule has 0 aromatic heterocycles. The SMILES string of the molecule is CC1(C[Si](C)(C)c2ccccc2)CC1. The van der Waals surface area contributed by atoms with Crippen molar-refractivity contribution in [2.24, 2.45) is 5.41 Å². The summed E-state index contributed by atoms with van der Waals surface area (Å²) in [5, 5.41) is 1.62. The average molecular weight is 204 g/mol. The van der Waals surface area contributed by atoms with Crippen LogP contribution in [-0.2, 0) is 0 Å². The lowest BCUT2D eigenvalue weighted by Gasteiger charge is -2.26. The summed E-state index contributed by atoms with van der Waals surface area (Å²) in [4.78, 5) is 0. The maximum absolute atomic E-state index is 2.51. The highest BCUT2D eigenvalue weighted by molar-refractivity contribution is 6.89. The highest BCUT2D eigenvalue weighted by atomic mass is 28.3. The molecule has 1 aliphatic rings. The van der Waals surface area contributed by atoms with E-state index in [2.05, 4.69) is 50.3 Å². The van der Waals surface area contributed by atoms with E-state index in [1.165, 1.54) is 18.9 Å². The van der Waals surface area contributed by atoms with Gasteiger partial charge in [0.05, 0.1) is 8.07 Å². The van der Waals surface area contributed by atoms with E-state index < -0.39 is 8.07 Å². The first kappa shape index (κ1) is 9.97. The highest BCUT2D eigenvalue weighted by Crippen LogP contribution is 2.51. The predicted octanol–water partition coefficient (Wildman–Crippen LogP) is 3.40. The van der Waals surface area contributed by atoms with Crippen LogP contribution < -0.4 is 5.19 Å². The van der Waals surface area contributed by atoms with Crippen molar-refractivity contribution in [1.29, 1.82) is 0 Å². The first-order valence-electron chi connectivity index (χ1n) is 5.57. The van der Waals surface area contributed by atoms with Gasteiger partial charge in [0.1, 0.15) is 0 Å². The Balaban J connectivity index is 2.15. The van der Waals surface area contributed by atoms with E-state index in [0.29, 0.717) is 5.41 Å². The summed E-state index contributed by atoms with van der Waals surface area (Å²) in [6.45, 7) is 7.46. The van der Waals surface area contributed by atoms with Gasteiger partial charge in [0.2, 0.25) is 0 Å². The molecule has 0 aliphatic heterocycles. The second-order valence-corrected chi connectivity index (χ2v) is 10.4. The Bertz CT molecular complexity index is 309. The van der Waals surface area contributed by atoms with Crippen molar-refractivity contribution in [1.82, 2.24) is 0 Å². The van der Waals surface area contributed by atoms with Gasteiger partial charge < -0.3 is 0 Å². The lowest BCUT2D eigenvalue weighted by molar-refractivity contribution is 0.641. The van der Waals surface area contributed by atoms with Crippen LogP contribution in [0.3, 0.4) is 0 Å². The predicted molar refractivity (Wildman–Crippen MR) is 65.7 cm³/mol. The van der Waals surface area contributed by atoms with Crippen LogP contribution in [0.5, 0.6) is 0 Å². The molecule has 0 atom stereocenters. The fourth-order valence-corrected chi connectivity index (χ4v) is 6.23. The number of hydrogen-bond donors (Lipinski definition) is 0. The molecule has 0 radical (unpaired) electrons. The Morgan fingerprint density at radius 1 is 1.14 bits per heavy atom. The monoisotopic (exact) mass is 204 g/mol. The molecule has 76 valence electrons. The average Bonchev–Trinajstić information content (AvgIpc) is 2.84. The van der Waals surface area contributed by atoms with E-state index in [1.807, 2.05) is 0 Å². The first-order valence-corrected chi connectivity index (χ1v) is 8.78. The van der Waals surface area contributed by atoms with E-state index >= 15 is 0 Å². The van der Waals surface area contributed by atoms with Crippen molar-refractivity contribution < 1.29 is 0 Å². The maximum Gasteiger partial charge on any atom is 0.0811 e. The van der Waals surface area contributed by atoms with Crippen molar-refractivity contribution in [2.75, 3.05) is 0 Å². The van der Waals surface area contributed by atoms with Crippen molar-refractivity contribution in [3.8, 4) is 0 Å². The molecule has 0 bridgehead atoms. The Labute approximate surface area is 88.4 Å². The van der Waals surface area contributed by atoms with Gasteiger partial charge in [-0.15, -0.1) is 0 Å². The van der Waals surface area contributed by atoms with Crippen molar-refractivity contribution >= 4 is 13.3 Å². The molecular weight excluding hydrogens is 184 g/mol. The van der Waals surface area contributed by atoms with Crippen LogP contribution in [0.4, 0.5) is 0 Å². The second kappa shape index (κ2) is 3.23. The molecule has 0 N–H and O–H groups in total. The van der Waals surface area contributed by atoms with Gasteiger partial charge in [-0.2, -0.15) is 0 Å². The molecule has 1 aromatic rings. The quantitative estimate of drug-likeness (QED) is 0.662. The van der Waals surface area contributed by atoms with Crippen LogP contribution in [0, 0.1) is 5.41 Å². The second-order valence-electron chi connectivity index (χ2n) is 5.74. The Kier molecular flexibility index (Phi) is 2.30. The molecule has 1 aromatic carbocycles.